The minimum Gasteiger partial charge on any atom is -0.497 e. The third-order valence-corrected chi connectivity index (χ3v) is 6.54. The molecule has 2 fully saturated rings. The van der Waals surface area contributed by atoms with Crippen LogP contribution in [0.3, 0.4) is 0 Å². The zero-order valence-electron chi connectivity index (χ0n) is 18.2. The molecule has 1 aliphatic heterocycles. The smallest absolute Gasteiger partial charge is 0.318 e. The van der Waals surface area contributed by atoms with Crippen LogP contribution >= 0.6 is 0 Å². The molecule has 2 N–H and O–H groups in total. The van der Waals surface area contributed by atoms with Crippen LogP contribution in [0.2, 0.25) is 0 Å². The first-order valence-corrected chi connectivity index (χ1v) is 10.8. The van der Waals surface area contributed by atoms with E-state index in [0.717, 1.165) is 68.1 Å². The summed E-state index contributed by atoms with van der Waals surface area (Å²) in [4.78, 5) is 29.4. The molecule has 2 aromatic rings. The van der Waals surface area contributed by atoms with Gasteiger partial charge in [-0.15, -0.1) is 0 Å². The Morgan fingerprint density at radius 1 is 0.935 bits per heavy atom. The summed E-state index contributed by atoms with van der Waals surface area (Å²) >= 11 is 0. The van der Waals surface area contributed by atoms with Crippen LogP contribution in [0.1, 0.15) is 24.8 Å². The fraction of sp³-hybridized carbons (Fsp3) is 0.417. The minimum absolute atomic E-state index is 0.236. The second-order valence-corrected chi connectivity index (χ2v) is 8.19. The van der Waals surface area contributed by atoms with Crippen molar-refractivity contribution in [2.45, 2.75) is 24.7 Å². The molecular weight excluding hydrogens is 392 g/mol. The number of benzene rings is 2. The first-order chi connectivity index (χ1) is 15.1. The van der Waals surface area contributed by atoms with Gasteiger partial charge in [-0.05, 0) is 54.8 Å². The molecule has 1 aliphatic carbocycles. The Bertz CT molecular complexity index is 915. The van der Waals surface area contributed by atoms with Crippen molar-refractivity contribution in [3.05, 3.63) is 54.1 Å². The number of piperazine rings is 1. The number of carbonyl (C=O) groups is 2. The van der Waals surface area contributed by atoms with Crippen molar-refractivity contribution in [3.8, 4) is 5.75 Å². The zero-order chi connectivity index (χ0) is 21.8. The van der Waals surface area contributed by atoms with E-state index in [1.54, 1.807) is 14.2 Å². The first-order valence-electron chi connectivity index (χ1n) is 10.8. The number of amides is 3. The maximum Gasteiger partial charge on any atom is 0.318 e. The van der Waals surface area contributed by atoms with Crippen LogP contribution in [0.25, 0.3) is 0 Å². The molecular formula is C24H30N4O3. The monoisotopic (exact) mass is 422 g/mol. The lowest BCUT2D eigenvalue weighted by Gasteiger charge is -2.46. The SMILES string of the molecule is CNC(=O)Nc1ccc(C2(C(=O)N3CCN(c4ccc(OC)cc4)CC3)CCC2)cc1. The van der Waals surface area contributed by atoms with Crippen LogP contribution in [0.4, 0.5) is 16.2 Å². The van der Waals surface area contributed by atoms with Crippen LogP contribution in [-0.2, 0) is 10.2 Å². The molecule has 0 spiro atoms. The molecule has 0 bridgehead atoms. The number of methoxy groups -OCH3 is 1. The van der Waals surface area contributed by atoms with Crippen molar-refractivity contribution in [2.24, 2.45) is 0 Å². The van der Waals surface area contributed by atoms with Crippen LogP contribution in [0.5, 0.6) is 5.75 Å². The Labute approximate surface area is 183 Å². The van der Waals surface area contributed by atoms with Gasteiger partial charge in [0.15, 0.2) is 0 Å². The van der Waals surface area contributed by atoms with Gasteiger partial charge in [0.25, 0.3) is 0 Å². The summed E-state index contributed by atoms with van der Waals surface area (Å²) in [5.41, 5.74) is 2.50. The summed E-state index contributed by atoms with van der Waals surface area (Å²) in [5, 5.41) is 5.31. The lowest BCUT2D eigenvalue weighted by molar-refractivity contribution is -0.141. The molecule has 0 aromatic heterocycles. The maximum atomic E-state index is 13.5. The number of ether oxygens (including phenoxy) is 1. The third kappa shape index (κ3) is 4.17. The van der Waals surface area contributed by atoms with E-state index in [9.17, 15) is 9.59 Å². The Morgan fingerprint density at radius 3 is 2.10 bits per heavy atom. The lowest BCUT2D eigenvalue weighted by atomic mass is 9.63. The average molecular weight is 423 g/mol. The molecule has 7 heteroatoms. The third-order valence-electron chi connectivity index (χ3n) is 6.54. The molecule has 4 rings (SSSR count). The Kier molecular flexibility index (Phi) is 6.02. The van der Waals surface area contributed by atoms with E-state index in [1.165, 1.54) is 0 Å². The molecule has 3 amide bonds. The summed E-state index contributed by atoms with van der Waals surface area (Å²) in [6, 6.07) is 15.5. The number of hydrogen-bond acceptors (Lipinski definition) is 4. The van der Waals surface area contributed by atoms with E-state index in [1.807, 2.05) is 41.3 Å². The molecule has 0 unspecified atom stereocenters. The van der Waals surface area contributed by atoms with Crippen molar-refractivity contribution >= 4 is 23.3 Å². The predicted octanol–water partition coefficient (Wildman–Crippen LogP) is 3.22. The Morgan fingerprint density at radius 2 is 1.58 bits per heavy atom. The highest BCUT2D eigenvalue weighted by Gasteiger charge is 2.48. The van der Waals surface area contributed by atoms with Gasteiger partial charge in [-0.25, -0.2) is 4.79 Å². The average Bonchev–Trinajstić information content (AvgIpc) is 2.79. The van der Waals surface area contributed by atoms with Gasteiger partial charge in [-0.2, -0.15) is 0 Å². The predicted molar refractivity (Wildman–Crippen MR) is 122 cm³/mol. The molecule has 0 radical (unpaired) electrons. The van der Waals surface area contributed by atoms with Crippen LogP contribution in [-0.4, -0.2) is 57.2 Å². The highest BCUT2D eigenvalue weighted by Crippen LogP contribution is 2.45. The van der Waals surface area contributed by atoms with E-state index in [-0.39, 0.29) is 11.9 Å². The van der Waals surface area contributed by atoms with Gasteiger partial charge in [0.05, 0.1) is 12.5 Å². The van der Waals surface area contributed by atoms with E-state index < -0.39 is 5.41 Å². The molecule has 31 heavy (non-hydrogen) atoms. The maximum absolute atomic E-state index is 13.5. The quantitative estimate of drug-likeness (QED) is 0.776. The van der Waals surface area contributed by atoms with Crippen molar-refractivity contribution in [3.63, 3.8) is 0 Å². The molecule has 1 saturated heterocycles. The summed E-state index contributed by atoms with van der Waals surface area (Å²) < 4.78 is 5.24. The van der Waals surface area contributed by atoms with E-state index in [0.29, 0.717) is 0 Å². The van der Waals surface area contributed by atoms with Crippen molar-refractivity contribution in [2.75, 3.05) is 50.6 Å². The normalized spacial score (nSPS) is 17.5. The molecule has 1 saturated carbocycles. The molecule has 1 heterocycles. The van der Waals surface area contributed by atoms with E-state index >= 15 is 0 Å². The van der Waals surface area contributed by atoms with Crippen molar-refractivity contribution < 1.29 is 14.3 Å². The Balaban J connectivity index is 1.41. The van der Waals surface area contributed by atoms with Crippen molar-refractivity contribution in [1.82, 2.24) is 10.2 Å². The van der Waals surface area contributed by atoms with Crippen LogP contribution in [0, 0.1) is 0 Å². The highest BCUT2D eigenvalue weighted by atomic mass is 16.5. The van der Waals surface area contributed by atoms with Gasteiger partial charge < -0.3 is 25.2 Å². The summed E-state index contributed by atoms with van der Waals surface area (Å²) in [5.74, 6) is 1.08. The fourth-order valence-electron chi connectivity index (χ4n) is 4.49. The number of nitrogens with zero attached hydrogens (tertiary/aromatic N) is 2. The number of rotatable bonds is 5. The molecule has 0 atom stereocenters. The summed E-state index contributed by atoms with van der Waals surface area (Å²) in [6.07, 6.45) is 2.83. The standard InChI is InChI=1S/C24H30N4O3/c1-25-23(30)26-19-6-4-18(5-7-19)24(12-3-13-24)22(29)28-16-14-27(15-17-28)20-8-10-21(31-2)11-9-20/h4-11H,3,12-17H2,1-2H3,(H2,25,26,30). The number of nitrogens with one attached hydrogen (secondary N) is 2. The summed E-state index contributed by atoms with van der Waals surface area (Å²) in [7, 11) is 3.25. The second kappa shape index (κ2) is 8.88. The van der Waals surface area contributed by atoms with Crippen molar-refractivity contribution in [1.29, 1.82) is 0 Å². The van der Waals surface area contributed by atoms with Gasteiger partial charge in [0.1, 0.15) is 5.75 Å². The van der Waals surface area contributed by atoms with Gasteiger partial charge in [-0.3, -0.25) is 4.79 Å². The van der Waals surface area contributed by atoms with E-state index in [4.69, 9.17) is 4.74 Å². The topological polar surface area (TPSA) is 73.9 Å². The van der Waals surface area contributed by atoms with Crippen LogP contribution in [0.15, 0.2) is 48.5 Å². The largest absolute Gasteiger partial charge is 0.497 e. The number of carbonyl (C=O) groups excluding carboxylic acids is 2. The minimum atomic E-state index is -0.423. The van der Waals surface area contributed by atoms with Gasteiger partial charge in [0.2, 0.25) is 5.91 Å². The first kappa shape index (κ1) is 21.0. The van der Waals surface area contributed by atoms with Gasteiger partial charge in [0, 0.05) is 44.6 Å². The molecule has 2 aromatic carbocycles. The van der Waals surface area contributed by atoms with E-state index in [2.05, 4.69) is 27.7 Å². The van der Waals surface area contributed by atoms with Gasteiger partial charge >= 0.3 is 6.03 Å². The fourth-order valence-corrected chi connectivity index (χ4v) is 4.49. The zero-order valence-corrected chi connectivity index (χ0v) is 18.2. The molecule has 2 aliphatic rings. The lowest BCUT2D eigenvalue weighted by Crippen LogP contribution is -2.56. The second-order valence-electron chi connectivity index (χ2n) is 8.19. The number of anilines is 2. The van der Waals surface area contributed by atoms with Gasteiger partial charge in [-0.1, -0.05) is 18.6 Å². The van der Waals surface area contributed by atoms with Crippen LogP contribution < -0.4 is 20.3 Å². The number of hydrogen-bond donors (Lipinski definition) is 2. The molecule has 7 nitrogen and oxygen atoms in total. The molecule has 164 valence electrons. The number of urea groups is 1. The summed E-state index contributed by atoms with van der Waals surface area (Å²) in [6.45, 7) is 3.10. The Hall–Kier alpha value is -3.22. The highest BCUT2D eigenvalue weighted by molar-refractivity contribution is 5.91.